The lowest BCUT2D eigenvalue weighted by atomic mass is 9.67. The van der Waals surface area contributed by atoms with Gasteiger partial charge in [-0.25, -0.2) is 4.79 Å². The first-order valence-electron chi connectivity index (χ1n) is 7.86. The first kappa shape index (κ1) is 18.9. The van der Waals surface area contributed by atoms with Crippen LogP contribution in [0.15, 0.2) is 47.1 Å². The topological polar surface area (TPSA) is 74.6 Å². The molecule has 4 nitrogen and oxygen atoms in total. The average Bonchev–Trinajstić information content (AvgIpc) is 2.45. The molecular formula is C19H26O4. The lowest BCUT2D eigenvalue weighted by Crippen LogP contribution is -2.39. The van der Waals surface area contributed by atoms with Gasteiger partial charge in [0.1, 0.15) is 0 Å². The molecule has 0 saturated heterocycles. The normalized spacial score (nSPS) is 24.1. The van der Waals surface area contributed by atoms with E-state index in [1.807, 2.05) is 26.8 Å². The van der Waals surface area contributed by atoms with Crippen molar-refractivity contribution in [1.29, 1.82) is 0 Å². The number of allylic oxidation sites excluding steroid dienone is 6. The van der Waals surface area contributed by atoms with Crippen LogP contribution in [-0.2, 0) is 9.59 Å². The summed E-state index contributed by atoms with van der Waals surface area (Å²) in [4.78, 5) is 23.2. The highest BCUT2D eigenvalue weighted by Crippen LogP contribution is 2.41. The Morgan fingerprint density at radius 2 is 1.87 bits per heavy atom. The lowest BCUT2D eigenvalue weighted by Gasteiger charge is -2.34. The maximum atomic E-state index is 11.9. The van der Waals surface area contributed by atoms with Crippen molar-refractivity contribution in [3.05, 3.63) is 47.1 Å². The highest BCUT2D eigenvalue weighted by atomic mass is 16.4. The van der Waals surface area contributed by atoms with Crippen molar-refractivity contribution < 1.29 is 19.8 Å². The Morgan fingerprint density at radius 3 is 2.39 bits per heavy atom. The Labute approximate surface area is 137 Å². The molecule has 0 bridgehead atoms. The predicted molar refractivity (Wildman–Crippen MR) is 91.1 cm³/mol. The van der Waals surface area contributed by atoms with Crippen LogP contribution in [0.25, 0.3) is 0 Å². The van der Waals surface area contributed by atoms with Crippen LogP contribution >= 0.6 is 0 Å². The summed E-state index contributed by atoms with van der Waals surface area (Å²) in [5, 5.41) is 19.0. The molecule has 1 aliphatic carbocycles. The zero-order valence-electron chi connectivity index (χ0n) is 14.3. The molecule has 0 fully saturated rings. The number of rotatable bonds is 7. The van der Waals surface area contributed by atoms with Gasteiger partial charge in [-0.1, -0.05) is 48.5 Å². The third-order valence-electron chi connectivity index (χ3n) is 4.43. The van der Waals surface area contributed by atoms with Crippen LogP contribution in [0.1, 0.15) is 47.0 Å². The van der Waals surface area contributed by atoms with E-state index in [1.165, 1.54) is 11.6 Å². The SMILES string of the molecule is CC(C)=CCC/C(C)=C/CC1(C(=O)O)C=CC=C(C(=O)O)C1C. The molecule has 0 spiro atoms. The molecule has 0 aromatic carbocycles. The van der Waals surface area contributed by atoms with Gasteiger partial charge in [0.15, 0.2) is 0 Å². The van der Waals surface area contributed by atoms with E-state index in [9.17, 15) is 19.8 Å². The van der Waals surface area contributed by atoms with Gasteiger partial charge in [-0.3, -0.25) is 4.79 Å². The van der Waals surface area contributed by atoms with Crippen LogP contribution in [0.2, 0.25) is 0 Å². The maximum absolute atomic E-state index is 11.9. The van der Waals surface area contributed by atoms with Crippen molar-refractivity contribution in [3.63, 3.8) is 0 Å². The van der Waals surface area contributed by atoms with Crippen LogP contribution in [0.5, 0.6) is 0 Å². The van der Waals surface area contributed by atoms with Crippen molar-refractivity contribution in [3.8, 4) is 0 Å². The van der Waals surface area contributed by atoms with Crippen LogP contribution in [0.4, 0.5) is 0 Å². The molecule has 1 rings (SSSR count). The molecule has 4 heteroatoms. The average molecular weight is 318 g/mol. The highest BCUT2D eigenvalue weighted by Gasteiger charge is 2.45. The molecule has 0 heterocycles. The molecule has 0 radical (unpaired) electrons. The van der Waals surface area contributed by atoms with Crippen LogP contribution in [0, 0.1) is 11.3 Å². The minimum Gasteiger partial charge on any atom is -0.481 e. The van der Waals surface area contributed by atoms with Crippen LogP contribution in [0.3, 0.4) is 0 Å². The summed E-state index contributed by atoms with van der Waals surface area (Å²) in [6.45, 7) is 7.75. The Morgan fingerprint density at radius 1 is 1.22 bits per heavy atom. The van der Waals surface area contributed by atoms with Crippen molar-refractivity contribution in [2.75, 3.05) is 0 Å². The van der Waals surface area contributed by atoms with E-state index in [-0.39, 0.29) is 5.57 Å². The number of carboxylic acids is 2. The predicted octanol–water partition coefficient (Wildman–Crippen LogP) is 4.36. The summed E-state index contributed by atoms with van der Waals surface area (Å²) in [6.07, 6.45) is 10.8. The monoisotopic (exact) mass is 318 g/mol. The lowest BCUT2D eigenvalue weighted by molar-refractivity contribution is -0.148. The second-order valence-corrected chi connectivity index (χ2v) is 6.43. The van der Waals surface area contributed by atoms with E-state index in [2.05, 4.69) is 6.08 Å². The summed E-state index contributed by atoms with van der Waals surface area (Å²) in [7, 11) is 0. The highest BCUT2D eigenvalue weighted by molar-refractivity contribution is 5.91. The number of carboxylic acid groups (broad SMARTS) is 2. The summed E-state index contributed by atoms with van der Waals surface area (Å²) >= 11 is 0. The molecule has 0 aromatic rings. The van der Waals surface area contributed by atoms with Gasteiger partial charge in [0.05, 0.1) is 5.41 Å². The maximum Gasteiger partial charge on any atom is 0.331 e. The van der Waals surface area contributed by atoms with Gasteiger partial charge >= 0.3 is 11.9 Å². The van der Waals surface area contributed by atoms with Crippen molar-refractivity contribution >= 4 is 11.9 Å². The molecule has 2 atom stereocenters. The van der Waals surface area contributed by atoms with E-state index in [1.54, 1.807) is 19.1 Å². The first-order valence-corrected chi connectivity index (χ1v) is 7.86. The first-order chi connectivity index (χ1) is 10.7. The van der Waals surface area contributed by atoms with E-state index >= 15 is 0 Å². The zero-order chi connectivity index (χ0) is 17.6. The van der Waals surface area contributed by atoms with Gasteiger partial charge in [-0.05, 0) is 40.0 Å². The van der Waals surface area contributed by atoms with Gasteiger partial charge in [0, 0.05) is 11.5 Å². The quantitative estimate of drug-likeness (QED) is 0.684. The third-order valence-corrected chi connectivity index (χ3v) is 4.43. The van der Waals surface area contributed by atoms with Crippen molar-refractivity contribution in [2.45, 2.75) is 47.0 Å². The number of aliphatic carboxylic acids is 2. The second-order valence-electron chi connectivity index (χ2n) is 6.43. The number of hydrogen-bond donors (Lipinski definition) is 2. The molecule has 0 saturated carbocycles. The van der Waals surface area contributed by atoms with Crippen LogP contribution < -0.4 is 0 Å². The fraction of sp³-hybridized carbons (Fsp3) is 0.474. The Kier molecular flexibility index (Phi) is 6.55. The molecule has 0 aromatic heterocycles. The molecule has 0 amide bonds. The van der Waals surface area contributed by atoms with E-state index in [4.69, 9.17) is 0 Å². The molecule has 0 aliphatic heterocycles. The van der Waals surface area contributed by atoms with Crippen LogP contribution in [-0.4, -0.2) is 22.2 Å². The molecular weight excluding hydrogens is 292 g/mol. The van der Waals surface area contributed by atoms with Gasteiger partial charge < -0.3 is 10.2 Å². The van der Waals surface area contributed by atoms with Crippen molar-refractivity contribution in [2.24, 2.45) is 11.3 Å². The molecule has 1 aliphatic rings. The summed E-state index contributed by atoms with van der Waals surface area (Å²) in [5.41, 5.74) is 1.33. The minimum atomic E-state index is -1.19. The fourth-order valence-corrected chi connectivity index (χ4v) is 2.77. The number of carbonyl (C=O) groups is 2. The largest absolute Gasteiger partial charge is 0.481 e. The molecule has 2 unspecified atom stereocenters. The smallest absolute Gasteiger partial charge is 0.331 e. The summed E-state index contributed by atoms with van der Waals surface area (Å²) < 4.78 is 0. The number of hydrogen-bond acceptors (Lipinski definition) is 2. The van der Waals surface area contributed by atoms with Gasteiger partial charge in [0.2, 0.25) is 0 Å². The van der Waals surface area contributed by atoms with E-state index in [0.29, 0.717) is 6.42 Å². The molecule has 126 valence electrons. The fourth-order valence-electron chi connectivity index (χ4n) is 2.77. The standard InChI is InChI=1S/C19H26O4/c1-13(2)7-5-8-14(3)10-12-19(18(22)23)11-6-9-16(15(19)4)17(20)21/h6-7,9-11,15H,5,8,12H2,1-4H3,(H,20,21)(H,22,23)/b14-10+. The Bertz CT molecular complexity index is 588. The van der Waals surface area contributed by atoms with E-state index in [0.717, 1.165) is 18.4 Å². The molecule has 23 heavy (non-hydrogen) atoms. The Hall–Kier alpha value is -2.10. The third kappa shape index (κ3) is 4.68. The summed E-state index contributed by atoms with van der Waals surface area (Å²) in [6, 6.07) is 0. The minimum absolute atomic E-state index is 0.144. The van der Waals surface area contributed by atoms with Gasteiger partial charge in [-0.15, -0.1) is 0 Å². The Balaban J connectivity index is 2.94. The summed E-state index contributed by atoms with van der Waals surface area (Å²) in [5.74, 6) is -2.62. The zero-order valence-corrected chi connectivity index (χ0v) is 14.3. The second kappa shape index (κ2) is 7.95. The van der Waals surface area contributed by atoms with Crippen molar-refractivity contribution in [1.82, 2.24) is 0 Å². The molecule has 2 N–H and O–H groups in total. The van der Waals surface area contributed by atoms with Gasteiger partial charge in [-0.2, -0.15) is 0 Å². The van der Waals surface area contributed by atoms with Gasteiger partial charge in [0.25, 0.3) is 0 Å². The van der Waals surface area contributed by atoms with E-state index < -0.39 is 23.3 Å².